The van der Waals surface area contributed by atoms with Gasteiger partial charge in [0.05, 0.1) is 17.3 Å². The lowest BCUT2D eigenvalue weighted by molar-refractivity contribution is 1.04. The van der Waals surface area contributed by atoms with Gasteiger partial charge in [-0.25, -0.2) is 0 Å². The molecule has 2 aromatic rings. The van der Waals surface area contributed by atoms with Crippen molar-refractivity contribution in [3.05, 3.63) is 41.6 Å². The van der Waals surface area contributed by atoms with E-state index in [9.17, 15) is 0 Å². The van der Waals surface area contributed by atoms with Gasteiger partial charge in [0.1, 0.15) is 0 Å². The molecule has 0 unspecified atom stereocenters. The summed E-state index contributed by atoms with van der Waals surface area (Å²) in [6.45, 7) is 2.07. The zero-order chi connectivity index (χ0) is 9.97. The quantitative estimate of drug-likeness (QED) is 0.752. The lowest BCUT2D eigenvalue weighted by Crippen LogP contribution is -1.78. The molecule has 0 aliphatic carbocycles. The first-order valence-corrected chi connectivity index (χ1v) is 5.00. The maximum absolute atomic E-state index is 5.68. The molecule has 0 atom stereocenters. The fraction of sp³-hybridized carbons (Fsp3) is 0.182. The van der Waals surface area contributed by atoms with E-state index in [0.717, 1.165) is 17.0 Å². The molecule has 72 valence electrons. The molecule has 1 aromatic carbocycles. The molecular formula is C11H11ClN2. The Labute approximate surface area is 87.9 Å². The molecule has 0 fully saturated rings. The largest absolute Gasteiger partial charge is 0.281 e. The Balaban J connectivity index is 2.34. The van der Waals surface area contributed by atoms with Crippen LogP contribution >= 0.6 is 11.6 Å². The van der Waals surface area contributed by atoms with Crippen molar-refractivity contribution in [2.24, 2.45) is 0 Å². The SMILES string of the molecule is Cc1ccc(-c2cc(CCl)[nH]n2)cc1. The van der Waals surface area contributed by atoms with Crippen LogP contribution < -0.4 is 0 Å². The summed E-state index contributed by atoms with van der Waals surface area (Å²) in [5.74, 6) is 0.471. The number of aromatic nitrogens is 2. The van der Waals surface area contributed by atoms with E-state index in [1.165, 1.54) is 5.56 Å². The molecule has 2 nitrogen and oxygen atoms in total. The van der Waals surface area contributed by atoms with E-state index in [4.69, 9.17) is 11.6 Å². The highest BCUT2D eigenvalue weighted by Gasteiger charge is 2.02. The monoisotopic (exact) mass is 206 g/mol. The topological polar surface area (TPSA) is 28.7 Å². The molecule has 14 heavy (non-hydrogen) atoms. The summed E-state index contributed by atoms with van der Waals surface area (Å²) in [4.78, 5) is 0. The zero-order valence-electron chi connectivity index (χ0n) is 7.92. The van der Waals surface area contributed by atoms with Gasteiger partial charge in [-0.2, -0.15) is 5.10 Å². The second-order valence-electron chi connectivity index (χ2n) is 3.28. The second-order valence-corrected chi connectivity index (χ2v) is 3.55. The van der Waals surface area contributed by atoms with E-state index in [-0.39, 0.29) is 0 Å². The minimum Gasteiger partial charge on any atom is -0.281 e. The number of nitrogens with zero attached hydrogens (tertiary/aromatic N) is 1. The number of rotatable bonds is 2. The average Bonchev–Trinajstić information content (AvgIpc) is 2.67. The van der Waals surface area contributed by atoms with Gasteiger partial charge in [-0.05, 0) is 13.0 Å². The summed E-state index contributed by atoms with van der Waals surface area (Å²) >= 11 is 5.68. The van der Waals surface area contributed by atoms with Crippen LogP contribution in [0, 0.1) is 6.92 Å². The number of aryl methyl sites for hydroxylation is 1. The highest BCUT2D eigenvalue weighted by atomic mass is 35.5. The van der Waals surface area contributed by atoms with Gasteiger partial charge < -0.3 is 0 Å². The van der Waals surface area contributed by atoms with Crippen molar-refractivity contribution in [3.63, 3.8) is 0 Å². The van der Waals surface area contributed by atoms with E-state index in [1.807, 2.05) is 6.07 Å². The molecule has 0 spiro atoms. The Kier molecular flexibility index (Phi) is 2.55. The van der Waals surface area contributed by atoms with Crippen LogP contribution in [0.1, 0.15) is 11.3 Å². The molecule has 1 aromatic heterocycles. The normalized spacial score (nSPS) is 10.4. The third-order valence-corrected chi connectivity index (χ3v) is 2.41. The fourth-order valence-corrected chi connectivity index (χ4v) is 1.44. The minimum absolute atomic E-state index is 0.471. The average molecular weight is 207 g/mol. The van der Waals surface area contributed by atoms with Crippen molar-refractivity contribution in [2.45, 2.75) is 12.8 Å². The molecule has 0 saturated carbocycles. The predicted octanol–water partition coefficient (Wildman–Crippen LogP) is 3.12. The molecule has 1 heterocycles. The maximum atomic E-state index is 5.68. The third-order valence-electron chi connectivity index (χ3n) is 2.12. The summed E-state index contributed by atoms with van der Waals surface area (Å²) in [5, 5.41) is 7.06. The molecule has 0 bridgehead atoms. The zero-order valence-corrected chi connectivity index (χ0v) is 8.67. The second kappa shape index (κ2) is 3.84. The minimum atomic E-state index is 0.471. The molecule has 0 saturated heterocycles. The van der Waals surface area contributed by atoms with E-state index in [1.54, 1.807) is 0 Å². The van der Waals surface area contributed by atoms with Gasteiger partial charge in [0, 0.05) is 5.56 Å². The molecule has 0 amide bonds. The molecule has 1 N–H and O–H groups in total. The molecule has 0 aliphatic heterocycles. The van der Waals surface area contributed by atoms with E-state index < -0.39 is 0 Å². The Morgan fingerprint density at radius 2 is 2.00 bits per heavy atom. The number of hydrogen-bond donors (Lipinski definition) is 1. The smallest absolute Gasteiger partial charge is 0.0923 e. The van der Waals surface area contributed by atoms with Gasteiger partial charge in [-0.3, -0.25) is 5.10 Å². The number of benzene rings is 1. The number of nitrogens with one attached hydrogen (secondary N) is 1. The lowest BCUT2D eigenvalue weighted by atomic mass is 10.1. The number of aromatic amines is 1. The van der Waals surface area contributed by atoms with Crippen LogP contribution in [0.25, 0.3) is 11.3 Å². The summed E-state index contributed by atoms with van der Waals surface area (Å²) in [6, 6.07) is 10.2. The Hall–Kier alpha value is -1.28. The van der Waals surface area contributed by atoms with Gasteiger partial charge in [0.2, 0.25) is 0 Å². The highest BCUT2D eigenvalue weighted by molar-refractivity contribution is 6.16. The predicted molar refractivity (Wildman–Crippen MR) is 58.3 cm³/mol. The Morgan fingerprint density at radius 3 is 2.57 bits per heavy atom. The van der Waals surface area contributed by atoms with Crippen molar-refractivity contribution < 1.29 is 0 Å². The third kappa shape index (κ3) is 1.80. The van der Waals surface area contributed by atoms with Crippen LogP contribution in [0.3, 0.4) is 0 Å². The van der Waals surface area contributed by atoms with E-state index in [0.29, 0.717) is 5.88 Å². The summed E-state index contributed by atoms with van der Waals surface area (Å²) in [7, 11) is 0. The van der Waals surface area contributed by atoms with E-state index in [2.05, 4.69) is 41.4 Å². The number of hydrogen-bond acceptors (Lipinski definition) is 1. The summed E-state index contributed by atoms with van der Waals surface area (Å²) in [5.41, 5.74) is 4.26. The van der Waals surface area contributed by atoms with Crippen molar-refractivity contribution in [2.75, 3.05) is 0 Å². The van der Waals surface area contributed by atoms with Gasteiger partial charge in [-0.1, -0.05) is 29.8 Å². The van der Waals surface area contributed by atoms with E-state index >= 15 is 0 Å². The molecule has 0 aliphatic rings. The Bertz CT molecular complexity index is 417. The first-order valence-electron chi connectivity index (χ1n) is 4.47. The number of H-pyrrole nitrogens is 1. The number of halogens is 1. The fourth-order valence-electron chi connectivity index (χ4n) is 1.30. The van der Waals surface area contributed by atoms with Gasteiger partial charge in [0.15, 0.2) is 0 Å². The van der Waals surface area contributed by atoms with Crippen LogP contribution in [0.5, 0.6) is 0 Å². The molecular weight excluding hydrogens is 196 g/mol. The summed E-state index contributed by atoms with van der Waals surface area (Å²) < 4.78 is 0. The lowest BCUT2D eigenvalue weighted by Gasteiger charge is -1.95. The van der Waals surface area contributed by atoms with Crippen LogP contribution in [0.4, 0.5) is 0 Å². The van der Waals surface area contributed by atoms with Crippen LogP contribution in [0.15, 0.2) is 30.3 Å². The van der Waals surface area contributed by atoms with Crippen LogP contribution in [-0.2, 0) is 5.88 Å². The van der Waals surface area contributed by atoms with Crippen molar-refractivity contribution in [1.82, 2.24) is 10.2 Å². The molecule has 3 heteroatoms. The molecule has 0 radical (unpaired) electrons. The summed E-state index contributed by atoms with van der Waals surface area (Å²) in [6.07, 6.45) is 0. The maximum Gasteiger partial charge on any atom is 0.0923 e. The standard InChI is InChI=1S/C11H11ClN2/c1-8-2-4-9(5-3-8)11-6-10(7-12)13-14-11/h2-6H,7H2,1H3,(H,13,14). The van der Waals surface area contributed by atoms with Crippen molar-refractivity contribution in [3.8, 4) is 11.3 Å². The number of alkyl halides is 1. The Morgan fingerprint density at radius 1 is 1.29 bits per heavy atom. The first-order chi connectivity index (χ1) is 6.79. The van der Waals surface area contributed by atoms with Gasteiger partial charge >= 0.3 is 0 Å². The molecule has 2 rings (SSSR count). The van der Waals surface area contributed by atoms with Crippen LogP contribution in [0.2, 0.25) is 0 Å². The van der Waals surface area contributed by atoms with Crippen LogP contribution in [-0.4, -0.2) is 10.2 Å². The van der Waals surface area contributed by atoms with Gasteiger partial charge in [0.25, 0.3) is 0 Å². The van der Waals surface area contributed by atoms with Gasteiger partial charge in [-0.15, -0.1) is 11.6 Å². The highest BCUT2D eigenvalue weighted by Crippen LogP contribution is 2.18. The van der Waals surface area contributed by atoms with Crippen molar-refractivity contribution >= 4 is 11.6 Å². The first kappa shape index (κ1) is 9.28. The van der Waals surface area contributed by atoms with Crippen molar-refractivity contribution in [1.29, 1.82) is 0 Å².